The minimum atomic E-state index is -0.929. The SMILES string of the molecule is Cc1cc(COc2c(I)cc(C(=O)O)cc2I)c2ccccc2c1. The van der Waals surface area contributed by atoms with Crippen LogP contribution in [0.1, 0.15) is 21.5 Å². The van der Waals surface area contributed by atoms with E-state index in [4.69, 9.17) is 9.84 Å². The lowest BCUT2D eigenvalue weighted by atomic mass is 10.0. The fraction of sp³-hybridized carbons (Fsp3) is 0.105. The normalized spacial score (nSPS) is 10.8. The van der Waals surface area contributed by atoms with Crippen LogP contribution in [0.15, 0.2) is 48.5 Å². The van der Waals surface area contributed by atoms with Crippen molar-refractivity contribution in [2.75, 3.05) is 0 Å². The zero-order valence-corrected chi connectivity index (χ0v) is 17.2. The first kappa shape index (κ1) is 17.5. The van der Waals surface area contributed by atoms with E-state index in [9.17, 15) is 4.79 Å². The van der Waals surface area contributed by atoms with Gasteiger partial charge in [0.1, 0.15) is 12.4 Å². The van der Waals surface area contributed by atoms with E-state index in [-0.39, 0.29) is 5.56 Å². The number of benzene rings is 3. The summed E-state index contributed by atoms with van der Waals surface area (Å²) in [7, 11) is 0. The molecule has 0 radical (unpaired) electrons. The van der Waals surface area contributed by atoms with E-state index in [2.05, 4.69) is 76.4 Å². The molecule has 1 N–H and O–H groups in total. The molecule has 0 saturated heterocycles. The summed E-state index contributed by atoms with van der Waals surface area (Å²) in [6.07, 6.45) is 0. The van der Waals surface area contributed by atoms with Crippen LogP contribution in [-0.4, -0.2) is 11.1 Å². The average molecular weight is 544 g/mol. The van der Waals surface area contributed by atoms with E-state index >= 15 is 0 Å². The molecule has 0 atom stereocenters. The zero-order chi connectivity index (χ0) is 17.3. The number of carbonyl (C=O) groups is 1. The number of rotatable bonds is 4. The van der Waals surface area contributed by atoms with E-state index in [1.54, 1.807) is 12.1 Å². The quantitative estimate of drug-likeness (QED) is 0.434. The predicted octanol–water partition coefficient (Wildman–Crippen LogP) is 5.63. The molecule has 0 heterocycles. The highest BCUT2D eigenvalue weighted by atomic mass is 127. The van der Waals surface area contributed by atoms with Gasteiger partial charge >= 0.3 is 5.97 Å². The average Bonchev–Trinajstić information content (AvgIpc) is 2.53. The smallest absolute Gasteiger partial charge is 0.335 e. The van der Waals surface area contributed by atoms with Gasteiger partial charge in [-0.15, -0.1) is 0 Å². The molecule has 0 aromatic heterocycles. The highest BCUT2D eigenvalue weighted by Gasteiger charge is 2.13. The molecule has 0 bridgehead atoms. The van der Waals surface area contributed by atoms with Gasteiger partial charge in [0.25, 0.3) is 0 Å². The maximum absolute atomic E-state index is 11.1. The van der Waals surface area contributed by atoms with Crippen molar-refractivity contribution in [3.63, 3.8) is 0 Å². The number of carboxylic acid groups (broad SMARTS) is 1. The number of aryl methyl sites for hydroxylation is 1. The van der Waals surface area contributed by atoms with Gasteiger partial charge in [0.05, 0.1) is 12.7 Å². The molecule has 0 amide bonds. The Morgan fingerprint density at radius 3 is 2.42 bits per heavy atom. The molecule has 3 aromatic rings. The summed E-state index contributed by atoms with van der Waals surface area (Å²) >= 11 is 4.24. The molecule has 5 heteroatoms. The Morgan fingerprint density at radius 2 is 1.75 bits per heavy atom. The van der Waals surface area contributed by atoms with Crippen LogP contribution in [0.3, 0.4) is 0 Å². The predicted molar refractivity (Wildman–Crippen MR) is 112 cm³/mol. The topological polar surface area (TPSA) is 46.5 Å². The first-order valence-electron chi connectivity index (χ1n) is 7.29. The zero-order valence-electron chi connectivity index (χ0n) is 12.8. The lowest BCUT2D eigenvalue weighted by molar-refractivity contribution is 0.0696. The van der Waals surface area contributed by atoms with Gasteiger partial charge in [-0.2, -0.15) is 0 Å². The molecule has 0 aliphatic rings. The number of halogens is 2. The van der Waals surface area contributed by atoms with E-state index < -0.39 is 5.97 Å². The molecule has 0 fully saturated rings. The molecule has 0 spiro atoms. The van der Waals surface area contributed by atoms with E-state index in [0.717, 1.165) is 18.5 Å². The standard InChI is InChI=1S/C19H14I2O3/c1-11-6-12-4-2-3-5-15(12)14(7-11)10-24-18-16(20)8-13(19(22)23)9-17(18)21/h2-9H,10H2,1H3,(H,22,23). The Hall–Kier alpha value is -1.35. The number of fused-ring (bicyclic) bond motifs is 1. The Balaban J connectivity index is 1.93. The number of hydrogen-bond donors (Lipinski definition) is 1. The van der Waals surface area contributed by atoms with Crippen molar-refractivity contribution in [1.29, 1.82) is 0 Å². The first-order valence-corrected chi connectivity index (χ1v) is 9.45. The molecular formula is C19H14I2O3. The minimum absolute atomic E-state index is 0.275. The molecule has 0 aliphatic heterocycles. The van der Waals surface area contributed by atoms with Crippen LogP contribution in [-0.2, 0) is 6.61 Å². The van der Waals surface area contributed by atoms with Gasteiger partial charge in [-0.05, 0) is 80.6 Å². The van der Waals surface area contributed by atoms with Crippen LogP contribution < -0.4 is 4.74 Å². The second-order valence-corrected chi connectivity index (χ2v) is 7.83. The van der Waals surface area contributed by atoms with Crippen molar-refractivity contribution in [3.8, 4) is 5.75 Å². The second-order valence-electron chi connectivity index (χ2n) is 5.51. The van der Waals surface area contributed by atoms with Gasteiger partial charge in [-0.1, -0.05) is 42.0 Å². The van der Waals surface area contributed by atoms with Crippen LogP contribution in [0.2, 0.25) is 0 Å². The van der Waals surface area contributed by atoms with E-state index in [1.807, 2.05) is 12.1 Å². The molecule has 3 nitrogen and oxygen atoms in total. The van der Waals surface area contributed by atoms with Crippen LogP contribution >= 0.6 is 45.2 Å². The summed E-state index contributed by atoms with van der Waals surface area (Å²) in [5.41, 5.74) is 2.59. The molecule has 0 saturated carbocycles. The van der Waals surface area contributed by atoms with Crippen molar-refractivity contribution in [2.24, 2.45) is 0 Å². The maximum atomic E-state index is 11.1. The molecule has 3 rings (SSSR count). The van der Waals surface area contributed by atoms with Crippen LogP contribution in [0.25, 0.3) is 10.8 Å². The van der Waals surface area contributed by atoms with E-state index in [0.29, 0.717) is 6.61 Å². The van der Waals surface area contributed by atoms with Gasteiger partial charge in [-0.25, -0.2) is 4.79 Å². The van der Waals surface area contributed by atoms with Crippen molar-refractivity contribution in [2.45, 2.75) is 13.5 Å². The third-order valence-corrected chi connectivity index (χ3v) is 5.31. The number of ether oxygens (including phenoxy) is 1. The van der Waals surface area contributed by atoms with Crippen molar-refractivity contribution < 1.29 is 14.6 Å². The number of carboxylic acids is 1. The lowest BCUT2D eigenvalue weighted by Gasteiger charge is -2.13. The van der Waals surface area contributed by atoms with Gasteiger partial charge in [0.2, 0.25) is 0 Å². The van der Waals surface area contributed by atoms with Crippen molar-refractivity contribution in [3.05, 3.63) is 72.4 Å². The van der Waals surface area contributed by atoms with Crippen LogP contribution in [0.4, 0.5) is 0 Å². The Morgan fingerprint density at radius 1 is 1.08 bits per heavy atom. The van der Waals surface area contributed by atoms with Crippen molar-refractivity contribution in [1.82, 2.24) is 0 Å². The Kier molecular flexibility index (Phi) is 5.29. The third kappa shape index (κ3) is 3.66. The highest BCUT2D eigenvalue weighted by molar-refractivity contribution is 14.1. The number of hydrogen-bond acceptors (Lipinski definition) is 2. The summed E-state index contributed by atoms with van der Waals surface area (Å²) in [5.74, 6) is -0.200. The van der Waals surface area contributed by atoms with E-state index in [1.165, 1.54) is 16.3 Å². The summed E-state index contributed by atoms with van der Waals surface area (Å²) < 4.78 is 7.64. The molecular weight excluding hydrogens is 530 g/mol. The van der Waals surface area contributed by atoms with Gasteiger partial charge < -0.3 is 9.84 Å². The second kappa shape index (κ2) is 7.26. The monoisotopic (exact) mass is 544 g/mol. The summed E-state index contributed by atoms with van der Waals surface area (Å²) in [6.45, 7) is 2.52. The molecule has 0 aliphatic carbocycles. The highest BCUT2D eigenvalue weighted by Crippen LogP contribution is 2.31. The van der Waals surface area contributed by atoms with Gasteiger partial charge in [0.15, 0.2) is 0 Å². The molecule has 122 valence electrons. The minimum Gasteiger partial charge on any atom is -0.487 e. The Bertz CT molecular complexity index is 912. The molecule has 0 unspecified atom stereocenters. The number of aromatic carboxylic acids is 1. The van der Waals surface area contributed by atoms with Crippen molar-refractivity contribution >= 4 is 61.9 Å². The largest absolute Gasteiger partial charge is 0.487 e. The summed E-state index contributed by atoms with van der Waals surface area (Å²) in [6, 6.07) is 15.8. The Labute approximate surface area is 167 Å². The fourth-order valence-corrected chi connectivity index (χ4v) is 4.72. The lowest BCUT2D eigenvalue weighted by Crippen LogP contribution is -2.03. The maximum Gasteiger partial charge on any atom is 0.335 e. The fourth-order valence-electron chi connectivity index (χ4n) is 2.65. The first-order chi connectivity index (χ1) is 11.5. The van der Waals surface area contributed by atoms with Gasteiger partial charge in [-0.3, -0.25) is 0 Å². The summed E-state index contributed by atoms with van der Waals surface area (Å²) in [5, 5.41) is 11.5. The molecule has 3 aromatic carbocycles. The summed E-state index contributed by atoms with van der Waals surface area (Å²) in [4.78, 5) is 11.1. The molecule has 24 heavy (non-hydrogen) atoms. The third-order valence-electron chi connectivity index (χ3n) is 3.71. The van der Waals surface area contributed by atoms with Gasteiger partial charge in [0, 0.05) is 0 Å². The van der Waals surface area contributed by atoms with Crippen LogP contribution in [0, 0.1) is 14.1 Å². The van der Waals surface area contributed by atoms with Crippen LogP contribution in [0.5, 0.6) is 5.75 Å².